The van der Waals surface area contributed by atoms with Crippen molar-refractivity contribution in [3.8, 4) is 0 Å². The molecule has 0 spiro atoms. The third-order valence-electron chi connectivity index (χ3n) is 2.96. The SMILES string of the molecule is CSC(C)(C)Cn1c(N)nc2c(C)ccnc21. The van der Waals surface area contributed by atoms with E-state index in [4.69, 9.17) is 5.73 Å². The van der Waals surface area contributed by atoms with E-state index in [1.54, 1.807) is 6.20 Å². The molecule has 2 aromatic heterocycles. The van der Waals surface area contributed by atoms with E-state index < -0.39 is 0 Å². The van der Waals surface area contributed by atoms with Gasteiger partial charge in [-0.25, -0.2) is 9.97 Å². The van der Waals surface area contributed by atoms with Crippen molar-refractivity contribution >= 4 is 28.9 Å². The van der Waals surface area contributed by atoms with E-state index in [9.17, 15) is 0 Å². The van der Waals surface area contributed by atoms with Gasteiger partial charge in [-0.2, -0.15) is 11.8 Å². The van der Waals surface area contributed by atoms with Crippen LogP contribution in [0.5, 0.6) is 0 Å². The lowest BCUT2D eigenvalue weighted by molar-refractivity contribution is 0.582. The molecule has 0 aliphatic rings. The average Bonchev–Trinajstić information content (AvgIpc) is 2.58. The summed E-state index contributed by atoms with van der Waals surface area (Å²) in [6.45, 7) is 7.23. The van der Waals surface area contributed by atoms with Crippen LogP contribution in [0.1, 0.15) is 19.4 Å². The molecule has 0 bridgehead atoms. The fourth-order valence-electron chi connectivity index (χ4n) is 1.76. The lowest BCUT2D eigenvalue weighted by Gasteiger charge is -2.23. The van der Waals surface area contributed by atoms with Crippen LogP contribution in [0.2, 0.25) is 0 Å². The van der Waals surface area contributed by atoms with E-state index in [0.29, 0.717) is 5.95 Å². The molecule has 2 aromatic rings. The Kier molecular flexibility index (Phi) is 3.03. The third-order valence-corrected chi connectivity index (χ3v) is 4.19. The first-order valence-corrected chi connectivity index (χ1v) is 6.79. The second kappa shape index (κ2) is 4.22. The van der Waals surface area contributed by atoms with Crippen molar-refractivity contribution in [2.24, 2.45) is 0 Å². The number of fused-ring (bicyclic) bond motifs is 1. The van der Waals surface area contributed by atoms with Gasteiger partial charge in [0.1, 0.15) is 5.52 Å². The third kappa shape index (κ3) is 2.24. The number of pyridine rings is 1. The summed E-state index contributed by atoms with van der Waals surface area (Å²) < 4.78 is 2.12. The zero-order valence-electron chi connectivity index (χ0n) is 10.7. The molecule has 0 aliphatic carbocycles. The van der Waals surface area contributed by atoms with Crippen molar-refractivity contribution in [3.05, 3.63) is 17.8 Å². The lowest BCUT2D eigenvalue weighted by atomic mass is 10.2. The number of anilines is 1. The molecule has 0 aromatic carbocycles. The minimum Gasteiger partial charge on any atom is -0.369 e. The van der Waals surface area contributed by atoms with Crippen molar-refractivity contribution < 1.29 is 0 Å². The predicted octanol–water partition coefficient (Wildman–Crippen LogP) is 2.46. The molecule has 4 nitrogen and oxygen atoms in total. The van der Waals surface area contributed by atoms with Gasteiger partial charge in [-0.1, -0.05) is 0 Å². The van der Waals surface area contributed by atoms with Crippen LogP contribution >= 0.6 is 11.8 Å². The second-order valence-electron chi connectivity index (χ2n) is 4.82. The molecule has 0 saturated carbocycles. The Bertz CT molecular complexity index is 545. The average molecular weight is 250 g/mol. The van der Waals surface area contributed by atoms with E-state index in [-0.39, 0.29) is 4.75 Å². The first-order valence-electron chi connectivity index (χ1n) is 5.57. The monoisotopic (exact) mass is 250 g/mol. The quantitative estimate of drug-likeness (QED) is 0.909. The van der Waals surface area contributed by atoms with Gasteiger partial charge in [0, 0.05) is 17.5 Å². The van der Waals surface area contributed by atoms with Crippen molar-refractivity contribution in [2.75, 3.05) is 12.0 Å². The molecule has 2 N–H and O–H groups in total. The molecule has 0 amide bonds. The molecule has 0 saturated heterocycles. The molecule has 0 unspecified atom stereocenters. The molecular weight excluding hydrogens is 232 g/mol. The number of nitrogen functional groups attached to an aromatic ring is 1. The first kappa shape index (κ1) is 12.2. The van der Waals surface area contributed by atoms with Crippen LogP contribution in [0, 0.1) is 6.92 Å². The minimum atomic E-state index is 0.118. The van der Waals surface area contributed by atoms with Gasteiger partial charge in [0.05, 0.1) is 0 Å². The largest absolute Gasteiger partial charge is 0.369 e. The molecule has 0 aliphatic heterocycles. The molecule has 0 radical (unpaired) electrons. The molecule has 92 valence electrons. The number of nitrogens with zero attached hydrogens (tertiary/aromatic N) is 3. The number of aryl methyl sites for hydroxylation is 1. The lowest BCUT2D eigenvalue weighted by Crippen LogP contribution is -2.23. The standard InChI is InChI=1S/C12H18N4S/c1-8-5-6-14-10-9(8)15-11(13)16(10)7-12(2,3)17-4/h5-6H,7H2,1-4H3,(H2,13,15). The molecule has 5 heteroatoms. The number of thioether (sulfide) groups is 1. The van der Waals surface area contributed by atoms with Gasteiger partial charge >= 0.3 is 0 Å². The first-order chi connectivity index (χ1) is 7.94. The zero-order chi connectivity index (χ0) is 12.6. The number of hydrogen-bond acceptors (Lipinski definition) is 4. The summed E-state index contributed by atoms with van der Waals surface area (Å²) in [5, 5.41) is 0. The maximum atomic E-state index is 5.99. The van der Waals surface area contributed by atoms with Crippen LogP contribution in [0.25, 0.3) is 11.2 Å². The van der Waals surface area contributed by atoms with E-state index in [2.05, 4.69) is 30.1 Å². The van der Waals surface area contributed by atoms with Crippen molar-refractivity contribution in [3.63, 3.8) is 0 Å². The Morgan fingerprint density at radius 1 is 1.47 bits per heavy atom. The zero-order valence-corrected chi connectivity index (χ0v) is 11.5. The van der Waals surface area contributed by atoms with Crippen LogP contribution < -0.4 is 5.73 Å². The Morgan fingerprint density at radius 3 is 2.82 bits per heavy atom. The topological polar surface area (TPSA) is 56.7 Å². The van der Waals surface area contributed by atoms with Crippen LogP contribution in [-0.2, 0) is 6.54 Å². The minimum absolute atomic E-state index is 0.118. The van der Waals surface area contributed by atoms with Crippen molar-refractivity contribution in [1.29, 1.82) is 0 Å². The van der Waals surface area contributed by atoms with E-state index >= 15 is 0 Å². The summed E-state index contributed by atoms with van der Waals surface area (Å²) in [5.41, 5.74) is 8.88. The number of nitrogens with two attached hydrogens (primary N) is 1. The molecule has 2 heterocycles. The fraction of sp³-hybridized carbons (Fsp3) is 0.500. The summed E-state index contributed by atoms with van der Waals surface area (Å²) >= 11 is 1.81. The van der Waals surface area contributed by atoms with Crippen LogP contribution in [0.3, 0.4) is 0 Å². The smallest absolute Gasteiger partial charge is 0.202 e. The van der Waals surface area contributed by atoms with Gasteiger partial charge in [-0.3, -0.25) is 4.57 Å². The van der Waals surface area contributed by atoms with Crippen molar-refractivity contribution in [1.82, 2.24) is 14.5 Å². The number of hydrogen-bond donors (Lipinski definition) is 1. The van der Waals surface area contributed by atoms with Gasteiger partial charge < -0.3 is 5.73 Å². The van der Waals surface area contributed by atoms with Crippen LogP contribution in [-0.4, -0.2) is 25.5 Å². The second-order valence-corrected chi connectivity index (χ2v) is 6.33. The maximum Gasteiger partial charge on any atom is 0.202 e. The van der Waals surface area contributed by atoms with Gasteiger partial charge in [-0.05, 0) is 38.7 Å². The number of aromatic nitrogens is 3. The summed E-state index contributed by atoms with van der Waals surface area (Å²) in [6.07, 6.45) is 3.91. The van der Waals surface area contributed by atoms with E-state index in [0.717, 1.165) is 23.3 Å². The Morgan fingerprint density at radius 2 is 2.18 bits per heavy atom. The summed E-state index contributed by atoms with van der Waals surface area (Å²) in [7, 11) is 0. The molecule has 2 rings (SSSR count). The number of imidazole rings is 1. The van der Waals surface area contributed by atoms with Gasteiger partial charge in [0.25, 0.3) is 0 Å². The summed E-state index contributed by atoms with van der Waals surface area (Å²) in [6, 6.07) is 1.96. The highest BCUT2D eigenvalue weighted by atomic mass is 32.2. The van der Waals surface area contributed by atoms with Crippen molar-refractivity contribution in [2.45, 2.75) is 32.1 Å². The summed E-state index contributed by atoms with van der Waals surface area (Å²) in [5.74, 6) is 0.545. The maximum absolute atomic E-state index is 5.99. The molecule has 0 atom stereocenters. The van der Waals surface area contributed by atoms with Gasteiger partial charge in [0.15, 0.2) is 5.65 Å². The van der Waals surface area contributed by atoms with Crippen LogP contribution in [0.15, 0.2) is 12.3 Å². The molecule has 0 fully saturated rings. The van der Waals surface area contributed by atoms with E-state index in [1.807, 2.05) is 29.3 Å². The highest BCUT2D eigenvalue weighted by Crippen LogP contribution is 2.27. The van der Waals surface area contributed by atoms with Gasteiger partial charge in [-0.15, -0.1) is 0 Å². The fourth-order valence-corrected chi connectivity index (χ4v) is 2.01. The molecule has 17 heavy (non-hydrogen) atoms. The Hall–Kier alpha value is -1.23. The van der Waals surface area contributed by atoms with E-state index in [1.165, 1.54) is 0 Å². The normalized spacial score (nSPS) is 12.2. The number of rotatable bonds is 3. The Labute approximate surface area is 106 Å². The highest BCUT2D eigenvalue weighted by Gasteiger charge is 2.21. The summed E-state index contributed by atoms with van der Waals surface area (Å²) in [4.78, 5) is 8.79. The van der Waals surface area contributed by atoms with Crippen LogP contribution in [0.4, 0.5) is 5.95 Å². The predicted molar refractivity (Wildman–Crippen MR) is 74.3 cm³/mol. The highest BCUT2D eigenvalue weighted by molar-refractivity contribution is 7.99. The Balaban J connectivity index is 2.54. The molecular formula is C12H18N4S. The van der Waals surface area contributed by atoms with Gasteiger partial charge in [0.2, 0.25) is 5.95 Å².